The molecule has 0 heterocycles. The van der Waals surface area contributed by atoms with Gasteiger partial charge in [-0.15, -0.1) is 0 Å². The molecule has 0 aliphatic heterocycles. The predicted octanol–water partition coefficient (Wildman–Crippen LogP) is 0.949. The van der Waals surface area contributed by atoms with E-state index in [2.05, 4.69) is 5.32 Å². The predicted molar refractivity (Wildman–Crippen MR) is 82.9 cm³/mol. The van der Waals surface area contributed by atoms with Crippen molar-refractivity contribution in [2.24, 2.45) is 11.7 Å². The molecule has 0 spiro atoms. The highest BCUT2D eigenvalue weighted by Crippen LogP contribution is 2.28. The Morgan fingerprint density at radius 2 is 1.95 bits per heavy atom. The maximum absolute atomic E-state index is 12.1. The average Bonchev–Trinajstić information content (AvgIpc) is 2.82. The van der Waals surface area contributed by atoms with E-state index >= 15 is 0 Å². The Kier molecular flexibility index (Phi) is 4.76. The second-order valence-corrected chi connectivity index (χ2v) is 6.50. The number of carbonyl (C=O) groups excluding carboxylic acids is 1. The largest absolute Gasteiger partial charge is 0.391 e. The quantitative estimate of drug-likeness (QED) is 0.756. The molecule has 0 saturated heterocycles. The first-order valence-electron chi connectivity index (χ1n) is 8.01. The number of amides is 1. The number of nitrogens with one attached hydrogen (secondary N) is 1. The standard InChI is InChI=1S/C17H24N2O3/c18-15-6-12(7-16(15)20)17(21)19-13-8-14(9-13)22-10-11-4-2-1-3-5-11/h1-5,12-16,20H,6-10,18H2,(H,19,21)/t12-,13?,14?,15+,16+/m0/s1. The van der Waals surface area contributed by atoms with Crippen molar-refractivity contribution in [2.45, 2.75) is 56.6 Å². The summed E-state index contributed by atoms with van der Waals surface area (Å²) in [5.74, 6) is -0.118. The highest BCUT2D eigenvalue weighted by molar-refractivity contribution is 5.79. The van der Waals surface area contributed by atoms with Gasteiger partial charge in [0, 0.05) is 18.0 Å². The minimum absolute atomic E-state index is 0.0264. The lowest BCUT2D eigenvalue weighted by Gasteiger charge is -2.36. The summed E-state index contributed by atoms with van der Waals surface area (Å²) in [7, 11) is 0. The Morgan fingerprint density at radius 1 is 1.23 bits per heavy atom. The number of ether oxygens (including phenoxy) is 1. The van der Waals surface area contributed by atoms with Crippen LogP contribution in [0.4, 0.5) is 0 Å². The highest BCUT2D eigenvalue weighted by atomic mass is 16.5. The van der Waals surface area contributed by atoms with Crippen molar-refractivity contribution in [1.29, 1.82) is 0 Å². The first-order valence-corrected chi connectivity index (χ1v) is 8.01. The Bertz CT molecular complexity index is 492. The summed E-state index contributed by atoms with van der Waals surface area (Å²) < 4.78 is 5.82. The highest BCUT2D eigenvalue weighted by Gasteiger charge is 2.37. The van der Waals surface area contributed by atoms with E-state index in [-0.39, 0.29) is 30.0 Å². The van der Waals surface area contributed by atoms with Crippen LogP contribution in [-0.2, 0) is 16.1 Å². The molecule has 1 amide bonds. The van der Waals surface area contributed by atoms with Gasteiger partial charge in [0.2, 0.25) is 5.91 Å². The molecule has 120 valence electrons. The van der Waals surface area contributed by atoms with Crippen LogP contribution < -0.4 is 11.1 Å². The maximum Gasteiger partial charge on any atom is 0.223 e. The number of hydrogen-bond donors (Lipinski definition) is 3. The molecule has 2 saturated carbocycles. The van der Waals surface area contributed by atoms with Gasteiger partial charge >= 0.3 is 0 Å². The molecular weight excluding hydrogens is 280 g/mol. The van der Waals surface area contributed by atoms with Crippen LogP contribution in [0.15, 0.2) is 30.3 Å². The third kappa shape index (κ3) is 3.66. The molecule has 22 heavy (non-hydrogen) atoms. The molecule has 0 radical (unpaired) electrons. The molecule has 3 rings (SSSR count). The van der Waals surface area contributed by atoms with Gasteiger partial charge in [-0.2, -0.15) is 0 Å². The molecular formula is C17H24N2O3. The van der Waals surface area contributed by atoms with Crippen LogP contribution in [0.1, 0.15) is 31.2 Å². The first-order chi connectivity index (χ1) is 10.6. The SMILES string of the molecule is N[C@@H]1C[C@H](C(=O)NC2CC(OCc3ccccc3)C2)C[C@H]1O. The van der Waals surface area contributed by atoms with Crippen LogP contribution in [0.25, 0.3) is 0 Å². The number of carbonyl (C=O) groups is 1. The second kappa shape index (κ2) is 6.77. The van der Waals surface area contributed by atoms with Crippen molar-refractivity contribution < 1.29 is 14.6 Å². The first kappa shape index (κ1) is 15.5. The zero-order valence-corrected chi connectivity index (χ0v) is 12.7. The molecule has 5 nitrogen and oxygen atoms in total. The third-order valence-electron chi connectivity index (χ3n) is 4.72. The summed E-state index contributed by atoms with van der Waals surface area (Å²) in [4.78, 5) is 12.1. The van der Waals surface area contributed by atoms with E-state index < -0.39 is 6.10 Å². The minimum Gasteiger partial charge on any atom is -0.391 e. The Balaban J connectivity index is 1.34. The maximum atomic E-state index is 12.1. The van der Waals surface area contributed by atoms with Crippen molar-refractivity contribution >= 4 is 5.91 Å². The monoisotopic (exact) mass is 304 g/mol. The lowest BCUT2D eigenvalue weighted by Crippen LogP contribution is -2.49. The van der Waals surface area contributed by atoms with E-state index in [0.717, 1.165) is 12.8 Å². The fourth-order valence-electron chi connectivity index (χ4n) is 3.19. The van der Waals surface area contributed by atoms with Gasteiger partial charge in [-0.1, -0.05) is 30.3 Å². The zero-order chi connectivity index (χ0) is 15.5. The van der Waals surface area contributed by atoms with Gasteiger partial charge in [0.25, 0.3) is 0 Å². The van der Waals surface area contributed by atoms with Gasteiger partial charge in [0.05, 0.1) is 18.8 Å². The summed E-state index contributed by atoms with van der Waals surface area (Å²) in [6.07, 6.45) is 2.46. The molecule has 2 fully saturated rings. The van der Waals surface area contributed by atoms with E-state index in [1.165, 1.54) is 5.56 Å². The third-order valence-corrected chi connectivity index (χ3v) is 4.72. The fourth-order valence-corrected chi connectivity index (χ4v) is 3.19. The zero-order valence-electron chi connectivity index (χ0n) is 12.7. The van der Waals surface area contributed by atoms with Crippen LogP contribution in [-0.4, -0.2) is 35.3 Å². The molecule has 0 bridgehead atoms. The van der Waals surface area contributed by atoms with Crippen molar-refractivity contribution in [3.05, 3.63) is 35.9 Å². The van der Waals surface area contributed by atoms with Crippen LogP contribution in [0, 0.1) is 5.92 Å². The molecule has 2 aliphatic rings. The molecule has 5 heteroatoms. The van der Waals surface area contributed by atoms with Crippen molar-refractivity contribution in [3.8, 4) is 0 Å². The van der Waals surface area contributed by atoms with Gasteiger partial charge in [0.1, 0.15) is 0 Å². The van der Waals surface area contributed by atoms with Crippen LogP contribution in [0.3, 0.4) is 0 Å². The lowest BCUT2D eigenvalue weighted by molar-refractivity contribution is -0.127. The number of benzene rings is 1. The molecule has 4 N–H and O–H groups in total. The van der Waals surface area contributed by atoms with Gasteiger partial charge in [0.15, 0.2) is 0 Å². The van der Waals surface area contributed by atoms with E-state index in [4.69, 9.17) is 10.5 Å². The van der Waals surface area contributed by atoms with Gasteiger partial charge in [-0.05, 0) is 31.2 Å². The van der Waals surface area contributed by atoms with E-state index in [1.807, 2.05) is 30.3 Å². The molecule has 0 aromatic heterocycles. The van der Waals surface area contributed by atoms with Crippen LogP contribution >= 0.6 is 0 Å². The summed E-state index contributed by atoms with van der Waals surface area (Å²) >= 11 is 0. The summed E-state index contributed by atoms with van der Waals surface area (Å²) in [5, 5.41) is 12.7. The van der Waals surface area contributed by atoms with Gasteiger partial charge in [-0.3, -0.25) is 4.79 Å². The molecule has 2 aliphatic carbocycles. The summed E-state index contributed by atoms with van der Waals surface area (Å²) in [5.41, 5.74) is 6.92. The Hall–Kier alpha value is -1.43. The van der Waals surface area contributed by atoms with Crippen LogP contribution in [0.2, 0.25) is 0 Å². The van der Waals surface area contributed by atoms with E-state index in [9.17, 15) is 9.90 Å². The number of aliphatic hydroxyl groups excluding tert-OH is 1. The van der Waals surface area contributed by atoms with Gasteiger partial charge < -0.3 is 20.9 Å². The average molecular weight is 304 g/mol. The number of hydrogen-bond acceptors (Lipinski definition) is 4. The Morgan fingerprint density at radius 3 is 2.59 bits per heavy atom. The normalized spacial score (nSPS) is 34.2. The van der Waals surface area contributed by atoms with Crippen LogP contribution in [0.5, 0.6) is 0 Å². The van der Waals surface area contributed by atoms with E-state index in [1.54, 1.807) is 0 Å². The van der Waals surface area contributed by atoms with Gasteiger partial charge in [-0.25, -0.2) is 0 Å². The smallest absolute Gasteiger partial charge is 0.223 e. The number of rotatable bonds is 5. The minimum atomic E-state index is -0.543. The lowest BCUT2D eigenvalue weighted by atomic mass is 9.88. The molecule has 1 aromatic carbocycles. The fraction of sp³-hybridized carbons (Fsp3) is 0.588. The number of nitrogens with two attached hydrogens (primary N) is 1. The molecule has 0 unspecified atom stereocenters. The summed E-state index contributed by atoms with van der Waals surface area (Å²) in [6, 6.07) is 10.0. The topological polar surface area (TPSA) is 84.6 Å². The number of aliphatic hydroxyl groups is 1. The molecule has 1 aromatic rings. The second-order valence-electron chi connectivity index (χ2n) is 6.50. The van der Waals surface area contributed by atoms with E-state index in [0.29, 0.717) is 19.4 Å². The summed E-state index contributed by atoms with van der Waals surface area (Å²) in [6.45, 7) is 0.621. The Labute approximate surface area is 130 Å². The molecule has 3 atom stereocenters. The van der Waals surface area contributed by atoms with Crippen molar-refractivity contribution in [3.63, 3.8) is 0 Å². The van der Waals surface area contributed by atoms with Crippen molar-refractivity contribution in [1.82, 2.24) is 5.32 Å². The van der Waals surface area contributed by atoms with Crippen molar-refractivity contribution in [2.75, 3.05) is 0 Å².